The molecule has 0 aromatic carbocycles. The van der Waals surface area contributed by atoms with Gasteiger partial charge in [0.1, 0.15) is 0 Å². The van der Waals surface area contributed by atoms with E-state index in [1.165, 1.54) is 0 Å². The average molecular weight is 309 g/mol. The molecule has 3 heteroatoms. The van der Waals surface area contributed by atoms with Gasteiger partial charge < -0.3 is 0 Å². The third-order valence-corrected chi connectivity index (χ3v) is 4.31. The summed E-state index contributed by atoms with van der Waals surface area (Å²) in [5.41, 5.74) is 2.88. The van der Waals surface area contributed by atoms with Gasteiger partial charge in [-0.1, -0.05) is 38.8 Å². The second kappa shape index (κ2) is 9.07. The molecule has 1 fully saturated rings. The van der Waals surface area contributed by atoms with E-state index >= 15 is 0 Å². The third kappa shape index (κ3) is 6.63. The van der Waals surface area contributed by atoms with Crippen molar-refractivity contribution in [3.63, 3.8) is 0 Å². The Morgan fingerprint density at radius 1 is 1.17 bits per heavy atom. The maximum atomic E-state index is 8.90. The molecule has 0 saturated carbocycles. The van der Waals surface area contributed by atoms with Crippen LogP contribution in [0.25, 0.3) is 0 Å². The van der Waals surface area contributed by atoms with Gasteiger partial charge in [0.2, 0.25) is 0 Å². The second-order valence-electron chi connectivity index (χ2n) is 6.46. The zero-order chi connectivity index (χ0) is 17.3. The Morgan fingerprint density at radius 3 is 2.35 bits per heavy atom. The first kappa shape index (κ1) is 18.9. The van der Waals surface area contributed by atoms with Crippen molar-refractivity contribution in [2.75, 3.05) is 19.6 Å². The van der Waals surface area contributed by atoms with Crippen LogP contribution in [0.4, 0.5) is 0 Å². The van der Waals surface area contributed by atoms with Crippen molar-refractivity contribution in [1.82, 2.24) is 4.90 Å². The molecule has 0 atom stereocenters. The molecule has 0 bridgehead atoms. The van der Waals surface area contributed by atoms with E-state index in [4.69, 9.17) is 5.26 Å². The van der Waals surface area contributed by atoms with Crippen LogP contribution in [-0.4, -0.2) is 31.3 Å². The number of nitrogens with zero attached hydrogens (tertiary/aromatic N) is 3. The monoisotopic (exact) mass is 309 g/mol. The standard InChI is InChI=1S/C20H27N3/c1-17(6-7-18(2)19(3)8-13-22-5)16-23-14-10-20(4,9-12-21)11-15-23/h6-8,13H,1-3,5,9-11,14-16H2,4H3/b7-6-,13-8-. The summed E-state index contributed by atoms with van der Waals surface area (Å²) in [6.45, 7) is 20.5. The van der Waals surface area contributed by atoms with Crippen LogP contribution < -0.4 is 0 Å². The van der Waals surface area contributed by atoms with E-state index in [9.17, 15) is 0 Å². The number of rotatable bonds is 8. The molecule has 0 spiro atoms. The van der Waals surface area contributed by atoms with Gasteiger partial charge in [-0.05, 0) is 60.9 Å². The number of likely N-dealkylation sites (tertiary alicyclic amines) is 1. The molecule has 0 amide bonds. The van der Waals surface area contributed by atoms with Crippen molar-refractivity contribution in [3.05, 3.63) is 60.9 Å². The minimum Gasteiger partial charge on any atom is -0.299 e. The van der Waals surface area contributed by atoms with Crippen LogP contribution >= 0.6 is 0 Å². The van der Waals surface area contributed by atoms with Crippen molar-refractivity contribution in [1.29, 1.82) is 5.26 Å². The Kier molecular flexibility index (Phi) is 7.44. The van der Waals surface area contributed by atoms with Crippen LogP contribution in [0, 0.1) is 16.7 Å². The Bertz CT molecular complexity index is 564. The lowest BCUT2D eigenvalue weighted by Crippen LogP contribution is -2.39. The topological polar surface area (TPSA) is 39.4 Å². The first-order valence-electron chi connectivity index (χ1n) is 7.86. The normalized spacial score (nSPS) is 17.9. The van der Waals surface area contributed by atoms with Gasteiger partial charge in [0.25, 0.3) is 0 Å². The average Bonchev–Trinajstić information content (AvgIpc) is 2.52. The zero-order valence-electron chi connectivity index (χ0n) is 14.2. The smallest absolute Gasteiger partial charge is 0.0627 e. The SMILES string of the molecule is C=N/C=C\C(=C)C(=C)/C=C\C(=C)CN1CCC(C)(CC#N)CC1. The fourth-order valence-corrected chi connectivity index (χ4v) is 2.53. The number of nitriles is 1. The van der Waals surface area contributed by atoms with Crippen molar-refractivity contribution in [2.45, 2.75) is 26.2 Å². The number of aliphatic imine (C=N–C) groups is 1. The second-order valence-corrected chi connectivity index (χ2v) is 6.46. The van der Waals surface area contributed by atoms with Crippen LogP contribution in [0.15, 0.2) is 65.9 Å². The summed E-state index contributed by atoms with van der Waals surface area (Å²) in [5.74, 6) is 0. The van der Waals surface area contributed by atoms with Crippen LogP contribution in [0.5, 0.6) is 0 Å². The summed E-state index contributed by atoms with van der Waals surface area (Å²) in [5, 5.41) is 8.90. The molecule has 1 saturated heterocycles. The summed E-state index contributed by atoms with van der Waals surface area (Å²) >= 11 is 0. The molecule has 0 aromatic heterocycles. The summed E-state index contributed by atoms with van der Waals surface area (Å²) in [4.78, 5) is 6.05. The molecule has 1 heterocycles. The highest BCUT2D eigenvalue weighted by atomic mass is 15.1. The van der Waals surface area contributed by atoms with Crippen LogP contribution in [0.1, 0.15) is 26.2 Å². The number of piperidine rings is 1. The van der Waals surface area contributed by atoms with Gasteiger partial charge in [0.05, 0.1) is 6.07 Å². The van der Waals surface area contributed by atoms with Crippen molar-refractivity contribution < 1.29 is 0 Å². The lowest BCUT2D eigenvalue weighted by molar-refractivity contribution is 0.130. The van der Waals surface area contributed by atoms with E-state index in [0.29, 0.717) is 6.42 Å². The van der Waals surface area contributed by atoms with Crippen LogP contribution in [-0.2, 0) is 0 Å². The molecule has 1 aliphatic heterocycles. The lowest BCUT2D eigenvalue weighted by Gasteiger charge is -2.38. The van der Waals surface area contributed by atoms with Gasteiger partial charge >= 0.3 is 0 Å². The van der Waals surface area contributed by atoms with Gasteiger partial charge in [-0.2, -0.15) is 5.26 Å². The molecule has 0 aliphatic carbocycles. The van der Waals surface area contributed by atoms with Gasteiger partial charge in [0, 0.05) is 19.2 Å². The minimum absolute atomic E-state index is 0.181. The predicted octanol–water partition coefficient (Wildman–Crippen LogP) is 4.44. The predicted molar refractivity (Wildman–Crippen MR) is 99.3 cm³/mol. The Morgan fingerprint density at radius 2 is 1.78 bits per heavy atom. The molecule has 0 N–H and O–H groups in total. The molecule has 0 radical (unpaired) electrons. The highest BCUT2D eigenvalue weighted by Crippen LogP contribution is 2.34. The number of allylic oxidation sites excluding steroid dienone is 4. The molecule has 1 aliphatic rings. The van der Waals surface area contributed by atoms with E-state index in [1.807, 2.05) is 12.2 Å². The highest BCUT2D eigenvalue weighted by Gasteiger charge is 2.29. The Labute approximate surface area is 140 Å². The summed E-state index contributed by atoms with van der Waals surface area (Å²) in [6, 6.07) is 2.31. The van der Waals surface area contributed by atoms with Gasteiger partial charge in [-0.25, -0.2) is 0 Å². The summed E-state index contributed by atoms with van der Waals surface area (Å²) in [6.07, 6.45) is 10.1. The quantitative estimate of drug-likeness (QED) is 0.491. The van der Waals surface area contributed by atoms with Crippen molar-refractivity contribution >= 4 is 6.72 Å². The van der Waals surface area contributed by atoms with Gasteiger partial charge in [-0.3, -0.25) is 9.89 Å². The van der Waals surface area contributed by atoms with Crippen LogP contribution in [0.3, 0.4) is 0 Å². The first-order chi connectivity index (χ1) is 10.9. The van der Waals surface area contributed by atoms with E-state index in [0.717, 1.165) is 49.2 Å². The maximum absolute atomic E-state index is 8.90. The number of hydrogen-bond acceptors (Lipinski definition) is 3. The molecular weight excluding hydrogens is 282 g/mol. The van der Waals surface area contributed by atoms with Crippen molar-refractivity contribution in [2.24, 2.45) is 10.4 Å². The van der Waals surface area contributed by atoms with E-state index in [1.54, 1.807) is 12.3 Å². The van der Waals surface area contributed by atoms with Gasteiger partial charge in [0.15, 0.2) is 0 Å². The fraction of sp³-hybridized carbons (Fsp3) is 0.400. The van der Waals surface area contributed by atoms with Crippen LogP contribution in [0.2, 0.25) is 0 Å². The van der Waals surface area contributed by atoms with E-state index in [2.05, 4.69) is 49.3 Å². The Hall–Kier alpha value is -2.18. The molecule has 23 heavy (non-hydrogen) atoms. The zero-order valence-corrected chi connectivity index (χ0v) is 14.2. The highest BCUT2D eigenvalue weighted by molar-refractivity contribution is 5.44. The van der Waals surface area contributed by atoms with Gasteiger partial charge in [-0.15, -0.1) is 0 Å². The first-order valence-corrected chi connectivity index (χ1v) is 7.86. The third-order valence-electron chi connectivity index (χ3n) is 4.31. The molecule has 122 valence electrons. The van der Waals surface area contributed by atoms with E-state index < -0.39 is 0 Å². The molecule has 0 aromatic rings. The van der Waals surface area contributed by atoms with E-state index in [-0.39, 0.29) is 5.41 Å². The largest absolute Gasteiger partial charge is 0.299 e. The maximum Gasteiger partial charge on any atom is 0.0627 e. The molecule has 3 nitrogen and oxygen atoms in total. The molecule has 1 rings (SSSR count). The van der Waals surface area contributed by atoms with Crippen molar-refractivity contribution in [3.8, 4) is 6.07 Å². The number of hydrogen-bond donors (Lipinski definition) is 0. The minimum atomic E-state index is 0.181. The lowest BCUT2D eigenvalue weighted by atomic mass is 9.78. The summed E-state index contributed by atoms with van der Waals surface area (Å²) < 4.78 is 0. The fourth-order valence-electron chi connectivity index (χ4n) is 2.53. The molecular formula is C20H27N3. The summed E-state index contributed by atoms with van der Waals surface area (Å²) in [7, 11) is 0. The molecule has 0 unspecified atom stereocenters. The Balaban J connectivity index is 2.43.